The molecule has 0 saturated heterocycles. The molecular formula is C16H26N2O3S. The van der Waals surface area contributed by atoms with Crippen LogP contribution in [-0.2, 0) is 11.3 Å². The summed E-state index contributed by atoms with van der Waals surface area (Å²) in [5.74, 6) is 2.02. The molecule has 2 N–H and O–H groups in total. The van der Waals surface area contributed by atoms with Gasteiger partial charge in [0.25, 0.3) is 0 Å². The summed E-state index contributed by atoms with van der Waals surface area (Å²) >= 11 is 1.84. The number of nitrogens with one attached hydrogen (secondary N) is 1. The molecule has 0 fully saturated rings. The highest BCUT2D eigenvalue weighted by Crippen LogP contribution is 2.04. The molecule has 22 heavy (non-hydrogen) atoms. The van der Waals surface area contributed by atoms with Crippen LogP contribution in [0.2, 0.25) is 0 Å². The zero-order valence-electron chi connectivity index (χ0n) is 13.2. The lowest BCUT2D eigenvalue weighted by molar-refractivity contribution is 0.142. The average Bonchev–Trinajstić information content (AvgIpc) is 2.53. The highest BCUT2D eigenvalue weighted by atomic mass is 32.2. The number of ether oxygens (including phenoxy) is 1. The lowest BCUT2D eigenvalue weighted by Gasteiger charge is -2.19. The maximum atomic E-state index is 11.3. The first-order valence-corrected chi connectivity index (χ1v) is 8.77. The van der Waals surface area contributed by atoms with Crippen LogP contribution >= 0.6 is 11.8 Å². The summed E-state index contributed by atoms with van der Waals surface area (Å²) in [5, 5.41) is 12.5. The Kier molecular flexibility index (Phi) is 10.5. The van der Waals surface area contributed by atoms with Crippen molar-refractivity contribution in [3.63, 3.8) is 0 Å². The van der Waals surface area contributed by atoms with Crippen molar-refractivity contribution in [2.45, 2.75) is 13.5 Å². The maximum Gasteiger partial charge on any atom is 0.407 e. The van der Waals surface area contributed by atoms with E-state index < -0.39 is 6.09 Å². The Morgan fingerprint density at radius 1 is 1.27 bits per heavy atom. The largest absolute Gasteiger partial charge is 0.465 e. The minimum atomic E-state index is -0.878. The SMILES string of the molecule is CCOCCSCCNCCN(Cc1ccccc1)C(=O)O. The second kappa shape index (κ2) is 12.3. The van der Waals surface area contributed by atoms with Gasteiger partial charge in [0.2, 0.25) is 0 Å². The molecule has 5 nitrogen and oxygen atoms in total. The first-order chi connectivity index (χ1) is 10.7. The molecule has 1 aromatic rings. The molecule has 0 saturated carbocycles. The number of thioether (sulfide) groups is 1. The molecule has 0 radical (unpaired) electrons. The Balaban J connectivity index is 2.11. The van der Waals surface area contributed by atoms with Crippen molar-refractivity contribution >= 4 is 17.9 Å². The van der Waals surface area contributed by atoms with Crippen molar-refractivity contribution in [2.75, 3.05) is 44.4 Å². The minimum Gasteiger partial charge on any atom is -0.465 e. The Morgan fingerprint density at radius 3 is 2.73 bits per heavy atom. The van der Waals surface area contributed by atoms with Crippen LogP contribution < -0.4 is 5.32 Å². The van der Waals surface area contributed by atoms with E-state index in [0.717, 1.165) is 36.8 Å². The van der Waals surface area contributed by atoms with Crippen LogP contribution in [0.25, 0.3) is 0 Å². The number of benzene rings is 1. The Hall–Kier alpha value is -1.24. The quantitative estimate of drug-likeness (QED) is 0.578. The van der Waals surface area contributed by atoms with Crippen LogP contribution in [0, 0.1) is 0 Å². The van der Waals surface area contributed by atoms with E-state index >= 15 is 0 Å². The van der Waals surface area contributed by atoms with E-state index in [1.165, 1.54) is 4.90 Å². The third kappa shape index (κ3) is 8.92. The third-order valence-corrected chi connectivity index (χ3v) is 3.99. The highest BCUT2D eigenvalue weighted by molar-refractivity contribution is 7.99. The second-order valence-corrected chi connectivity index (χ2v) is 5.97. The van der Waals surface area contributed by atoms with Gasteiger partial charge < -0.3 is 20.1 Å². The fourth-order valence-electron chi connectivity index (χ4n) is 1.89. The summed E-state index contributed by atoms with van der Waals surface area (Å²) in [4.78, 5) is 12.7. The fraction of sp³-hybridized carbons (Fsp3) is 0.562. The number of nitrogens with zero attached hydrogens (tertiary/aromatic N) is 1. The van der Waals surface area contributed by atoms with E-state index in [4.69, 9.17) is 4.74 Å². The monoisotopic (exact) mass is 326 g/mol. The van der Waals surface area contributed by atoms with Gasteiger partial charge in [0.1, 0.15) is 0 Å². The van der Waals surface area contributed by atoms with E-state index in [2.05, 4.69) is 5.32 Å². The van der Waals surface area contributed by atoms with Gasteiger partial charge in [0.05, 0.1) is 6.61 Å². The van der Waals surface area contributed by atoms with E-state index in [1.54, 1.807) is 0 Å². The number of hydrogen-bond donors (Lipinski definition) is 2. The molecule has 0 heterocycles. The normalized spacial score (nSPS) is 10.6. The second-order valence-electron chi connectivity index (χ2n) is 4.75. The third-order valence-electron chi connectivity index (χ3n) is 3.04. The molecule has 0 unspecified atom stereocenters. The highest BCUT2D eigenvalue weighted by Gasteiger charge is 2.11. The summed E-state index contributed by atoms with van der Waals surface area (Å²) in [6.45, 7) is 6.04. The average molecular weight is 326 g/mol. The van der Waals surface area contributed by atoms with Gasteiger partial charge in [-0.2, -0.15) is 11.8 Å². The molecule has 0 bridgehead atoms. The van der Waals surface area contributed by atoms with Gasteiger partial charge in [-0.25, -0.2) is 4.79 Å². The number of rotatable bonds is 12. The molecule has 0 aliphatic heterocycles. The van der Waals surface area contributed by atoms with Gasteiger partial charge in [-0.1, -0.05) is 30.3 Å². The van der Waals surface area contributed by atoms with Crippen LogP contribution in [0.3, 0.4) is 0 Å². The smallest absolute Gasteiger partial charge is 0.407 e. The summed E-state index contributed by atoms with van der Waals surface area (Å²) in [7, 11) is 0. The predicted molar refractivity (Wildman–Crippen MR) is 91.6 cm³/mol. The van der Waals surface area contributed by atoms with Gasteiger partial charge in [0.15, 0.2) is 0 Å². The summed E-state index contributed by atoms with van der Waals surface area (Å²) in [6.07, 6.45) is -0.878. The molecule has 1 rings (SSSR count). The molecule has 1 amide bonds. The van der Waals surface area contributed by atoms with Crippen molar-refractivity contribution in [1.82, 2.24) is 10.2 Å². The predicted octanol–water partition coefficient (Wildman–Crippen LogP) is 2.53. The number of carbonyl (C=O) groups is 1. The molecule has 1 aromatic carbocycles. The molecule has 6 heteroatoms. The topological polar surface area (TPSA) is 61.8 Å². The first-order valence-electron chi connectivity index (χ1n) is 7.62. The fourth-order valence-corrected chi connectivity index (χ4v) is 2.62. The Bertz CT molecular complexity index is 404. The van der Waals surface area contributed by atoms with E-state index in [1.807, 2.05) is 49.0 Å². The van der Waals surface area contributed by atoms with Crippen LogP contribution in [0.5, 0.6) is 0 Å². The molecule has 0 aliphatic rings. The molecule has 0 spiro atoms. The molecule has 124 valence electrons. The van der Waals surface area contributed by atoms with E-state index in [-0.39, 0.29) is 0 Å². The standard InChI is InChI=1S/C16H26N2O3S/c1-2-21-11-13-22-12-9-17-8-10-18(16(19)20)14-15-6-4-3-5-7-15/h3-7,17H,2,8-14H2,1H3,(H,19,20). The molecule has 0 atom stereocenters. The summed E-state index contributed by atoms with van der Waals surface area (Å²) < 4.78 is 5.26. The van der Waals surface area contributed by atoms with E-state index in [0.29, 0.717) is 19.6 Å². The van der Waals surface area contributed by atoms with Crippen LogP contribution in [0.1, 0.15) is 12.5 Å². The number of amides is 1. The van der Waals surface area contributed by atoms with Gasteiger partial charge in [-0.05, 0) is 12.5 Å². The minimum absolute atomic E-state index is 0.432. The van der Waals surface area contributed by atoms with Crippen molar-refractivity contribution in [1.29, 1.82) is 0 Å². The van der Waals surface area contributed by atoms with Crippen LogP contribution in [0.15, 0.2) is 30.3 Å². The van der Waals surface area contributed by atoms with Gasteiger partial charge in [-0.3, -0.25) is 0 Å². The summed E-state index contributed by atoms with van der Waals surface area (Å²) in [6, 6.07) is 9.66. The van der Waals surface area contributed by atoms with Gasteiger partial charge >= 0.3 is 6.09 Å². The van der Waals surface area contributed by atoms with E-state index in [9.17, 15) is 9.90 Å². The van der Waals surface area contributed by atoms with Gasteiger partial charge in [-0.15, -0.1) is 0 Å². The molecule has 0 aromatic heterocycles. The zero-order chi connectivity index (χ0) is 16.0. The number of hydrogen-bond acceptors (Lipinski definition) is 4. The molecule has 0 aliphatic carbocycles. The Morgan fingerprint density at radius 2 is 2.05 bits per heavy atom. The number of carboxylic acid groups (broad SMARTS) is 1. The lowest BCUT2D eigenvalue weighted by atomic mass is 10.2. The van der Waals surface area contributed by atoms with Gasteiger partial charge in [0, 0.05) is 44.3 Å². The first kappa shape index (κ1) is 18.8. The Labute approximate surface area is 137 Å². The van der Waals surface area contributed by atoms with Crippen molar-refractivity contribution < 1.29 is 14.6 Å². The zero-order valence-corrected chi connectivity index (χ0v) is 14.0. The van der Waals surface area contributed by atoms with Crippen molar-refractivity contribution in [3.05, 3.63) is 35.9 Å². The maximum absolute atomic E-state index is 11.3. The lowest BCUT2D eigenvalue weighted by Crippen LogP contribution is -2.36. The summed E-state index contributed by atoms with van der Waals surface area (Å²) in [5.41, 5.74) is 1.01. The van der Waals surface area contributed by atoms with Crippen molar-refractivity contribution in [2.24, 2.45) is 0 Å². The van der Waals surface area contributed by atoms with Crippen LogP contribution in [0.4, 0.5) is 4.79 Å². The van der Waals surface area contributed by atoms with Crippen LogP contribution in [-0.4, -0.2) is 60.5 Å². The molecular weight excluding hydrogens is 300 g/mol. The van der Waals surface area contributed by atoms with Crippen molar-refractivity contribution in [3.8, 4) is 0 Å².